The molecule has 0 amide bonds. The van der Waals surface area contributed by atoms with E-state index in [4.69, 9.17) is 4.74 Å². The van der Waals surface area contributed by atoms with Crippen LogP contribution in [0.2, 0.25) is 0 Å². The average molecular weight is 463 g/mol. The molecule has 1 aliphatic carbocycles. The van der Waals surface area contributed by atoms with Gasteiger partial charge in [0.2, 0.25) is 0 Å². The van der Waals surface area contributed by atoms with Gasteiger partial charge in [-0.25, -0.2) is 4.39 Å². The highest BCUT2D eigenvalue weighted by Crippen LogP contribution is 2.42. The molecule has 3 atom stereocenters. The molecule has 0 aromatic heterocycles. The van der Waals surface area contributed by atoms with Crippen LogP contribution in [-0.4, -0.2) is 26.3 Å². The SMILES string of the molecule is CNC[C@@H]1CC[C@H](OCCc2cc(C(F)(F)F)cc(C(F)(F)F)c2)[C@H]1c1ccc(F)cc1. The Kier molecular flexibility index (Phi) is 7.50. The van der Waals surface area contributed by atoms with Crippen LogP contribution in [-0.2, 0) is 23.5 Å². The Balaban J connectivity index is 1.74. The lowest BCUT2D eigenvalue weighted by Gasteiger charge is -2.26. The molecule has 1 fully saturated rings. The number of hydrogen-bond donors (Lipinski definition) is 1. The van der Waals surface area contributed by atoms with Gasteiger partial charge in [-0.2, -0.15) is 26.3 Å². The molecule has 0 heterocycles. The second kappa shape index (κ2) is 9.79. The highest BCUT2D eigenvalue weighted by atomic mass is 19.4. The minimum atomic E-state index is -4.88. The summed E-state index contributed by atoms with van der Waals surface area (Å²) in [5, 5.41) is 3.12. The predicted molar refractivity (Wildman–Crippen MR) is 106 cm³/mol. The first-order valence-corrected chi connectivity index (χ1v) is 10.3. The maximum atomic E-state index is 13.3. The molecule has 0 aliphatic heterocycles. The van der Waals surface area contributed by atoms with Gasteiger partial charge in [0.15, 0.2) is 0 Å². The van der Waals surface area contributed by atoms with Crippen molar-refractivity contribution < 1.29 is 35.5 Å². The minimum Gasteiger partial charge on any atom is -0.377 e. The summed E-state index contributed by atoms with van der Waals surface area (Å²) in [6, 6.07) is 7.68. The molecule has 1 aliphatic rings. The second-order valence-electron chi connectivity index (χ2n) is 8.05. The van der Waals surface area contributed by atoms with Crippen LogP contribution in [0.1, 0.15) is 41.0 Å². The highest BCUT2D eigenvalue weighted by molar-refractivity contribution is 5.34. The van der Waals surface area contributed by atoms with Crippen molar-refractivity contribution in [3.63, 3.8) is 0 Å². The third kappa shape index (κ3) is 6.01. The van der Waals surface area contributed by atoms with Crippen LogP contribution in [0.4, 0.5) is 30.7 Å². The van der Waals surface area contributed by atoms with Crippen LogP contribution in [0.15, 0.2) is 42.5 Å². The Bertz CT molecular complexity index is 860. The van der Waals surface area contributed by atoms with Crippen molar-refractivity contribution in [2.24, 2.45) is 5.92 Å². The van der Waals surface area contributed by atoms with Crippen molar-refractivity contribution in [3.05, 3.63) is 70.5 Å². The number of alkyl halides is 6. The van der Waals surface area contributed by atoms with Crippen LogP contribution in [0.3, 0.4) is 0 Å². The molecular weight excluding hydrogens is 439 g/mol. The molecule has 176 valence electrons. The van der Waals surface area contributed by atoms with Crippen LogP contribution in [0.25, 0.3) is 0 Å². The van der Waals surface area contributed by atoms with Gasteiger partial charge in [-0.15, -0.1) is 0 Å². The summed E-state index contributed by atoms with van der Waals surface area (Å²) < 4.78 is 97.6. The summed E-state index contributed by atoms with van der Waals surface area (Å²) in [4.78, 5) is 0. The Morgan fingerprint density at radius 3 is 2.03 bits per heavy atom. The fraction of sp³-hybridized carbons (Fsp3) is 0.478. The van der Waals surface area contributed by atoms with Crippen molar-refractivity contribution in [3.8, 4) is 0 Å². The second-order valence-corrected chi connectivity index (χ2v) is 8.05. The van der Waals surface area contributed by atoms with Crippen molar-refractivity contribution in [2.45, 2.75) is 43.6 Å². The van der Waals surface area contributed by atoms with Crippen molar-refractivity contribution in [1.29, 1.82) is 0 Å². The zero-order chi connectivity index (χ0) is 23.5. The summed E-state index contributed by atoms with van der Waals surface area (Å²) in [6.07, 6.45) is -8.56. The maximum Gasteiger partial charge on any atom is 0.416 e. The summed E-state index contributed by atoms with van der Waals surface area (Å²) in [6.45, 7) is 0.692. The van der Waals surface area contributed by atoms with Crippen LogP contribution in [0.5, 0.6) is 0 Å². The first-order valence-electron chi connectivity index (χ1n) is 10.3. The molecule has 0 unspecified atom stereocenters. The zero-order valence-electron chi connectivity index (χ0n) is 17.4. The highest BCUT2D eigenvalue weighted by Gasteiger charge is 2.38. The molecule has 2 aromatic rings. The van der Waals surface area contributed by atoms with Gasteiger partial charge in [-0.1, -0.05) is 12.1 Å². The van der Waals surface area contributed by atoms with E-state index < -0.39 is 23.5 Å². The average Bonchev–Trinajstić information content (AvgIpc) is 3.10. The molecule has 2 aromatic carbocycles. The van der Waals surface area contributed by atoms with E-state index >= 15 is 0 Å². The Labute approximate surface area is 181 Å². The molecule has 32 heavy (non-hydrogen) atoms. The third-order valence-electron chi connectivity index (χ3n) is 5.82. The number of nitrogens with one attached hydrogen (secondary N) is 1. The Morgan fingerprint density at radius 2 is 1.50 bits per heavy atom. The van der Waals surface area contributed by atoms with E-state index in [1.54, 1.807) is 12.1 Å². The number of ether oxygens (including phenoxy) is 1. The third-order valence-corrected chi connectivity index (χ3v) is 5.82. The van der Waals surface area contributed by atoms with Gasteiger partial charge < -0.3 is 10.1 Å². The van der Waals surface area contributed by atoms with E-state index in [0.29, 0.717) is 13.0 Å². The van der Waals surface area contributed by atoms with Gasteiger partial charge in [0.25, 0.3) is 0 Å². The molecular formula is C23H24F7NO. The van der Waals surface area contributed by atoms with Gasteiger partial charge in [0, 0.05) is 5.92 Å². The van der Waals surface area contributed by atoms with E-state index in [9.17, 15) is 30.7 Å². The first kappa shape index (κ1) is 24.5. The van der Waals surface area contributed by atoms with Gasteiger partial charge in [0.1, 0.15) is 5.82 Å². The monoisotopic (exact) mass is 463 g/mol. The lowest BCUT2D eigenvalue weighted by molar-refractivity contribution is -0.143. The summed E-state index contributed by atoms with van der Waals surface area (Å²) in [7, 11) is 1.82. The van der Waals surface area contributed by atoms with Gasteiger partial charge >= 0.3 is 12.4 Å². The number of halogens is 7. The minimum absolute atomic E-state index is 0.0206. The topological polar surface area (TPSA) is 21.3 Å². The van der Waals surface area contributed by atoms with Gasteiger partial charge in [-0.05, 0) is 80.2 Å². The fourth-order valence-electron chi connectivity index (χ4n) is 4.38. The number of benzene rings is 2. The van der Waals surface area contributed by atoms with Crippen LogP contribution in [0, 0.1) is 11.7 Å². The van der Waals surface area contributed by atoms with Crippen LogP contribution >= 0.6 is 0 Å². The molecule has 3 rings (SSSR count). The first-order chi connectivity index (χ1) is 15.0. The largest absolute Gasteiger partial charge is 0.416 e. The number of rotatable bonds is 7. The van der Waals surface area contributed by atoms with E-state index in [-0.39, 0.29) is 48.4 Å². The Morgan fingerprint density at radius 1 is 0.906 bits per heavy atom. The number of hydrogen-bond acceptors (Lipinski definition) is 2. The van der Waals surface area contributed by atoms with Crippen molar-refractivity contribution in [2.75, 3.05) is 20.2 Å². The molecule has 2 nitrogen and oxygen atoms in total. The smallest absolute Gasteiger partial charge is 0.377 e. The lowest BCUT2D eigenvalue weighted by atomic mass is 9.87. The van der Waals surface area contributed by atoms with Crippen molar-refractivity contribution in [1.82, 2.24) is 5.32 Å². The molecule has 0 saturated heterocycles. The molecule has 0 spiro atoms. The van der Waals surface area contributed by atoms with E-state index in [0.717, 1.165) is 24.1 Å². The molecule has 0 bridgehead atoms. The van der Waals surface area contributed by atoms with E-state index in [1.807, 2.05) is 7.05 Å². The summed E-state index contributed by atoms with van der Waals surface area (Å²) >= 11 is 0. The fourth-order valence-corrected chi connectivity index (χ4v) is 4.38. The Hall–Kier alpha value is -2.13. The molecule has 1 N–H and O–H groups in total. The van der Waals surface area contributed by atoms with Gasteiger partial charge in [0.05, 0.1) is 23.8 Å². The quantitative estimate of drug-likeness (QED) is 0.494. The zero-order valence-corrected chi connectivity index (χ0v) is 17.4. The van der Waals surface area contributed by atoms with Gasteiger partial charge in [-0.3, -0.25) is 0 Å². The molecule has 0 radical (unpaired) electrons. The standard InChI is InChI=1S/C23H24F7NO/c1-31-13-16-4-7-20(21(16)15-2-5-19(24)6-3-15)32-9-8-14-10-17(22(25,26)27)12-18(11-14)23(28,29)30/h2-3,5-6,10-12,16,20-21,31H,4,7-9,13H2,1H3/t16-,20-,21-/m0/s1. The lowest BCUT2D eigenvalue weighted by Crippen LogP contribution is -2.27. The van der Waals surface area contributed by atoms with Crippen LogP contribution < -0.4 is 5.32 Å². The molecule has 9 heteroatoms. The predicted octanol–water partition coefficient (Wildman–Crippen LogP) is 6.20. The normalized spacial score (nSPS) is 21.8. The van der Waals surface area contributed by atoms with Crippen molar-refractivity contribution >= 4 is 0 Å². The summed E-state index contributed by atoms with van der Waals surface area (Å²) in [5.74, 6) is -0.185. The molecule has 1 saturated carbocycles. The van der Waals surface area contributed by atoms with E-state index in [1.165, 1.54) is 12.1 Å². The maximum absolute atomic E-state index is 13.3. The summed E-state index contributed by atoms with van der Waals surface area (Å²) in [5.41, 5.74) is -1.86. The van der Waals surface area contributed by atoms with E-state index in [2.05, 4.69) is 5.32 Å².